The second-order valence-corrected chi connectivity index (χ2v) is 11.5. The van der Waals surface area contributed by atoms with Crippen LogP contribution in [0.5, 0.6) is 5.75 Å². The van der Waals surface area contributed by atoms with Crippen LogP contribution >= 0.6 is 22.9 Å². The van der Waals surface area contributed by atoms with E-state index in [1.54, 1.807) is 29.5 Å². The van der Waals surface area contributed by atoms with E-state index in [9.17, 15) is 4.79 Å². The predicted molar refractivity (Wildman–Crippen MR) is 161 cm³/mol. The number of aromatic nitrogens is 1. The van der Waals surface area contributed by atoms with E-state index in [4.69, 9.17) is 16.3 Å². The second-order valence-electron chi connectivity index (χ2n) is 10.0. The Morgan fingerprint density at radius 2 is 1.56 bits per heavy atom. The van der Waals surface area contributed by atoms with Crippen LogP contribution in [0.1, 0.15) is 105 Å². The van der Waals surface area contributed by atoms with E-state index in [1.165, 1.54) is 75.6 Å². The molecule has 214 valence electrons. The fourth-order valence-electron chi connectivity index (χ4n) is 4.58. The molecule has 0 atom stereocenters. The van der Waals surface area contributed by atoms with Crippen molar-refractivity contribution in [3.63, 3.8) is 0 Å². The third-order valence-electron chi connectivity index (χ3n) is 6.94. The van der Waals surface area contributed by atoms with Gasteiger partial charge in [-0.2, -0.15) is 4.57 Å². The van der Waals surface area contributed by atoms with Gasteiger partial charge in [0.05, 0.1) is 22.7 Å². The number of hydrogen-bond acceptors (Lipinski definition) is 3. The lowest BCUT2D eigenvalue weighted by molar-refractivity contribution is -0.689. The lowest BCUT2D eigenvalue weighted by Gasteiger charge is -2.11. The summed E-state index contributed by atoms with van der Waals surface area (Å²) in [6, 6.07) is 13.2. The molecule has 7 heteroatoms. The molecule has 2 aromatic carbocycles. The lowest BCUT2D eigenvalue weighted by Crippen LogP contribution is -3.00. The summed E-state index contributed by atoms with van der Waals surface area (Å²) >= 11 is 8.17. The zero-order chi connectivity index (χ0) is 27.0. The van der Waals surface area contributed by atoms with Crippen LogP contribution in [0.4, 0.5) is 5.69 Å². The fourth-order valence-corrected chi connectivity index (χ4v) is 5.48. The zero-order valence-corrected chi connectivity index (χ0v) is 26.7. The van der Waals surface area contributed by atoms with Crippen LogP contribution in [0.15, 0.2) is 54.0 Å². The Bertz CT molecular complexity index is 1120. The highest BCUT2D eigenvalue weighted by molar-refractivity contribution is 7.09. The minimum atomic E-state index is -0.182. The van der Waals surface area contributed by atoms with Crippen LogP contribution in [0.3, 0.4) is 0 Å². The highest BCUT2D eigenvalue weighted by Crippen LogP contribution is 2.27. The number of para-hydroxylation sites is 1. The Morgan fingerprint density at radius 3 is 2.18 bits per heavy atom. The molecule has 1 amide bonds. The van der Waals surface area contributed by atoms with Crippen LogP contribution in [-0.4, -0.2) is 12.5 Å². The number of rotatable bonds is 18. The van der Waals surface area contributed by atoms with Gasteiger partial charge in [-0.05, 0) is 30.7 Å². The van der Waals surface area contributed by atoms with E-state index in [1.807, 2.05) is 24.3 Å². The number of ether oxygens (including phenoxy) is 1. The van der Waals surface area contributed by atoms with Crippen molar-refractivity contribution >= 4 is 34.5 Å². The topological polar surface area (TPSA) is 42.2 Å². The Balaban J connectivity index is 0.00000533. The first-order chi connectivity index (χ1) is 18.6. The van der Waals surface area contributed by atoms with Crippen LogP contribution in [0.2, 0.25) is 5.02 Å². The van der Waals surface area contributed by atoms with Gasteiger partial charge in [-0.3, -0.25) is 4.79 Å². The maximum atomic E-state index is 13.0. The molecule has 1 aromatic heterocycles. The molecule has 3 aromatic rings. The molecule has 0 saturated carbocycles. The number of benzene rings is 2. The van der Waals surface area contributed by atoms with Gasteiger partial charge in [0.2, 0.25) is 5.01 Å². The van der Waals surface area contributed by atoms with Crippen LogP contribution in [0, 0.1) is 6.92 Å². The van der Waals surface area contributed by atoms with E-state index < -0.39 is 0 Å². The number of nitrogens with one attached hydrogen (secondary N) is 1. The lowest BCUT2D eigenvalue weighted by atomic mass is 10.1. The van der Waals surface area contributed by atoms with Crippen LogP contribution < -0.4 is 31.6 Å². The number of nitrogens with zero attached hydrogens (tertiary/aromatic N) is 1. The minimum Gasteiger partial charge on any atom is -1.00 e. The van der Waals surface area contributed by atoms with Crippen molar-refractivity contribution < 1.29 is 31.1 Å². The molecule has 1 N–H and O–H groups in total. The first-order valence-corrected chi connectivity index (χ1v) is 15.6. The Morgan fingerprint density at radius 1 is 0.923 bits per heavy atom. The molecule has 0 bridgehead atoms. The number of halogens is 2. The number of anilines is 1. The summed E-state index contributed by atoms with van der Waals surface area (Å²) in [5, 5.41) is 6.81. The molecule has 0 radical (unpaired) electrons. The van der Waals surface area contributed by atoms with Gasteiger partial charge in [0.15, 0.2) is 12.7 Å². The molecule has 0 unspecified atom stereocenters. The van der Waals surface area contributed by atoms with E-state index in [0.29, 0.717) is 29.5 Å². The van der Waals surface area contributed by atoms with Crippen molar-refractivity contribution in [1.29, 1.82) is 0 Å². The molecule has 0 aliphatic rings. The first kappa shape index (κ1) is 33.3. The summed E-state index contributed by atoms with van der Waals surface area (Å²) in [6.07, 6.45) is 17.9. The maximum Gasteiger partial charge on any atom is 0.255 e. The molecule has 1 heterocycles. The predicted octanol–water partition coefficient (Wildman–Crippen LogP) is 6.38. The fraction of sp³-hybridized carbons (Fsp3) is 0.500. The number of aryl methyl sites for hydroxylation is 1. The summed E-state index contributed by atoms with van der Waals surface area (Å²) in [6.45, 7) is 5.72. The minimum absolute atomic E-state index is 0. The molecule has 0 saturated heterocycles. The van der Waals surface area contributed by atoms with Gasteiger partial charge >= 0.3 is 0 Å². The molecule has 39 heavy (non-hydrogen) atoms. The number of thiazole rings is 1. The smallest absolute Gasteiger partial charge is 0.255 e. The highest BCUT2D eigenvalue weighted by atomic mass is 79.9. The summed E-state index contributed by atoms with van der Waals surface area (Å²) in [5.41, 5.74) is 2.38. The average molecular weight is 636 g/mol. The molecule has 4 nitrogen and oxygen atoms in total. The zero-order valence-electron chi connectivity index (χ0n) is 23.5. The third-order valence-corrected chi connectivity index (χ3v) is 8.07. The normalized spacial score (nSPS) is 10.7. The van der Waals surface area contributed by atoms with E-state index in [0.717, 1.165) is 17.7 Å². The number of carbonyl (C=O) groups is 1. The van der Waals surface area contributed by atoms with Crippen molar-refractivity contribution in [2.45, 2.75) is 97.4 Å². The molecule has 0 fully saturated rings. The second kappa shape index (κ2) is 19.2. The van der Waals surface area contributed by atoms with Crippen LogP contribution in [-0.2, 0) is 6.54 Å². The van der Waals surface area contributed by atoms with Crippen molar-refractivity contribution in [2.24, 2.45) is 0 Å². The molecular weight excluding hydrogens is 592 g/mol. The summed E-state index contributed by atoms with van der Waals surface area (Å²) in [4.78, 5) is 13.0. The average Bonchev–Trinajstić information content (AvgIpc) is 3.32. The number of carbonyl (C=O) groups excluding carboxylic acids is 1. The van der Waals surface area contributed by atoms with Crippen LogP contribution in [0.25, 0.3) is 0 Å². The summed E-state index contributed by atoms with van der Waals surface area (Å²) in [7, 11) is 0. The third kappa shape index (κ3) is 12.0. The largest absolute Gasteiger partial charge is 1.00 e. The summed E-state index contributed by atoms with van der Waals surface area (Å²) in [5.74, 6) is 0.454. The van der Waals surface area contributed by atoms with E-state index in [2.05, 4.69) is 35.3 Å². The van der Waals surface area contributed by atoms with Gasteiger partial charge < -0.3 is 27.0 Å². The maximum absolute atomic E-state index is 13.0. The van der Waals surface area contributed by atoms with Gasteiger partial charge in [0.1, 0.15) is 5.75 Å². The molecule has 0 aliphatic heterocycles. The molecule has 0 spiro atoms. The molecular formula is C32H44BrClN2O2S. The van der Waals surface area contributed by atoms with Gasteiger partial charge in [0, 0.05) is 18.1 Å². The van der Waals surface area contributed by atoms with E-state index >= 15 is 0 Å². The van der Waals surface area contributed by atoms with Crippen molar-refractivity contribution in [1.82, 2.24) is 0 Å². The standard InChI is InChI=1S/C32H43ClN2O2S.BrH/c1-3-4-5-6-7-8-9-10-11-12-13-16-22-37-31-20-19-27(24-29(31)33)32(36)34-30-18-15-14-17-28(30)25-35-21-23-38-26(35)2;/h14-15,17-21,23-24H,3-13,16,22,25H2,1-2H3;1H. The molecule has 3 rings (SSSR count). The van der Waals surface area contributed by atoms with Gasteiger partial charge in [0.25, 0.3) is 5.91 Å². The summed E-state index contributed by atoms with van der Waals surface area (Å²) < 4.78 is 8.08. The SMILES string of the molecule is CCCCCCCCCCCCCCOc1ccc(C(=O)Nc2ccccc2C[n+]2ccsc2C)cc1Cl.[Br-]. The van der Waals surface area contributed by atoms with Crippen molar-refractivity contribution in [2.75, 3.05) is 11.9 Å². The van der Waals surface area contributed by atoms with Crippen molar-refractivity contribution in [3.05, 3.63) is 75.2 Å². The quantitative estimate of drug-likeness (QED) is 0.130. The Hall–Kier alpha value is -1.89. The van der Waals surface area contributed by atoms with Gasteiger partial charge in [-0.1, -0.05) is 119 Å². The number of amides is 1. The van der Waals surface area contributed by atoms with Gasteiger partial charge in [-0.25, -0.2) is 0 Å². The Kier molecular flexibility index (Phi) is 16.4. The monoisotopic (exact) mass is 634 g/mol. The number of unbranched alkanes of at least 4 members (excludes halogenated alkanes) is 11. The van der Waals surface area contributed by atoms with Gasteiger partial charge in [-0.15, -0.1) is 0 Å². The highest BCUT2D eigenvalue weighted by Gasteiger charge is 2.15. The first-order valence-electron chi connectivity index (χ1n) is 14.3. The molecule has 0 aliphatic carbocycles. The van der Waals surface area contributed by atoms with Crippen molar-refractivity contribution in [3.8, 4) is 5.75 Å². The number of hydrogen-bond donors (Lipinski definition) is 1. The Labute approximate surface area is 254 Å². The van der Waals surface area contributed by atoms with E-state index in [-0.39, 0.29) is 22.9 Å².